The van der Waals surface area contributed by atoms with Gasteiger partial charge in [0.15, 0.2) is 6.10 Å². The predicted octanol–water partition coefficient (Wildman–Crippen LogP) is 3.07. The van der Waals surface area contributed by atoms with Crippen LogP contribution in [0.2, 0.25) is 0 Å². The number of sulfonamides is 2. The van der Waals surface area contributed by atoms with Gasteiger partial charge < -0.3 is 14.8 Å². The molecule has 2 aliphatic heterocycles. The fourth-order valence-electron chi connectivity index (χ4n) is 4.52. The molecule has 12 heteroatoms. The maximum absolute atomic E-state index is 13.5. The van der Waals surface area contributed by atoms with Crippen molar-refractivity contribution < 1.29 is 31.1 Å². The number of rotatable bonds is 7. The van der Waals surface area contributed by atoms with Gasteiger partial charge in [-0.1, -0.05) is 30.3 Å². The zero-order chi connectivity index (χ0) is 26.9. The molecule has 0 spiro atoms. The van der Waals surface area contributed by atoms with Crippen LogP contribution in [0, 0.1) is 0 Å². The van der Waals surface area contributed by atoms with Crippen molar-refractivity contribution in [2.45, 2.75) is 28.7 Å². The maximum Gasteiger partial charge on any atom is 0.267 e. The molecule has 2 heterocycles. The normalized spacial score (nSPS) is 17.9. The fourth-order valence-corrected chi connectivity index (χ4v) is 7.56. The highest BCUT2D eigenvalue weighted by Gasteiger charge is 2.38. The molecule has 2 aliphatic rings. The number of amides is 1. The zero-order valence-electron chi connectivity index (χ0n) is 20.6. The van der Waals surface area contributed by atoms with Gasteiger partial charge in [0, 0.05) is 13.1 Å². The molecule has 38 heavy (non-hydrogen) atoms. The molecule has 5 rings (SSSR count). The van der Waals surface area contributed by atoms with E-state index >= 15 is 0 Å². The van der Waals surface area contributed by atoms with Crippen molar-refractivity contribution >= 4 is 37.3 Å². The lowest BCUT2D eigenvalue weighted by Crippen LogP contribution is -2.48. The molecule has 1 fully saturated rings. The van der Waals surface area contributed by atoms with Crippen molar-refractivity contribution in [2.75, 3.05) is 36.4 Å². The third-order valence-electron chi connectivity index (χ3n) is 6.49. The standard InChI is InChI=1S/C26H27N3O7S2/c1-35-23-14-13-20(37(31,32)28-15-7-8-16-28)17-21(23)27-26(30)25-18-29(22-11-5-6-12-24(22)36-25)38(33,34)19-9-3-2-4-10-19/h2-6,9-14,17,25H,7-8,15-16,18H2,1H3,(H,27,30)/t25-/m1/s1. The zero-order valence-corrected chi connectivity index (χ0v) is 22.2. The summed E-state index contributed by atoms with van der Waals surface area (Å²) in [5, 5.41) is 2.68. The fraction of sp³-hybridized carbons (Fsp3) is 0.269. The van der Waals surface area contributed by atoms with E-state index in [0.717, 1.165) is 17.1 Å². The summed E-state index contributed by atoms with van der Waals surface area (Å²) in [6.45, 7) is 0.600. The van der Waals surface area contributed by atoms with E-state index < -0.39 is 32.1 Å². The predicted molar refractivity (Wildman–Crippen MR) is 141 cm³/mol. The van der Waals surface area contributed by atoms with Crippen molar-refractivity contribution in [3.8, 4) is 11.5 Å². The first-order valence-corrected chi connectivity index (χ1v) is 14.9. The summed E-state index contributed by atoms with van der Waals surface area (Å²) in [6, 6.07) is 18.8. The van der Waals surface area contributed by atoms with Crippen LogP contribution in [0.15, 0.2) is 82.6 Å². The van der Waals surface area contributed by atoms with Crippen LogP contribution in [-0.4, -0.2) is 59.9 Å². The van der Waals surface area contributed by atoms with E-state index in [0.29, 0.717) is 18.8 Å². The number of para-hydroxylation sites is 2. The van der Waals surface area contributed by atoms with Gasteiger partial charge in [0.25, 0.3) is 15.9 Å². The second-order valence-corrected chi connectivity index (χ2v) is 12.7. The van der Waals surface area contributed by atoms with E-state index in [9.17, 15) is 21.6 Å². The van der Waals surface area contributed by atoms with Crippen LogP contribution in [0.5, 0.6) is 11.5 Å². The number of methoxy groups -OCH3 is 1. The quantitative estimate of drug-likeness (QED) is 0.474. The van der Waals surface area contributed by atoms with Crippen molar-refractivity contribution in [3.63, 3.8) is 0 Å². The second kappa shape index (κ2) is 10.3. The Kier molecular flexibility index (Phi) is 7.03. The summed E-state index contributed by atoms with van der Waals surface area (Å²) in [7, 11) is -6.33. The van der Waals surface area contributed by atoms with E-state index in [-0.39, 0.29) is 33.5 Å². The number of carbonyl (C=O) groups excluding carboxylic acids is 1. The number of nitrogens with zero attached hydrogens (tertiary/aromatic N) is 2. The Labute approximate surface area is 221 Å². The van der Waals surface area contributed by atoms with Gasteiger partial charge in [-0.15, -0.1) is 0 Å². The van der Waals surface area contributed by atoms with Gasteiger partial charge in [-0.3, -0.25) is 9.10 Å². The molecule has 0 unspecified atom stereocenters. The van der Waals surface area contributed by atoms with E-state index in [1.165, 1.54) is 41.7 Å². The number of carbonyl (C=O) groups is 1. The second-order valence-electron chi connectivity index (χ2n) is 8.89. The van der Waals surface area contributed by atoms with E-state index in [2.05, 4.69) is 5.32 Å². The third kappa shape index (κ3) is 4.82. The van der Waals surface area contributed by atoms with Crippen molar-refractivity contribution in [3.05, 3.63) is 72.8 Å². The number of hydrogen-bond acceptors (Lipinski definition) is 7. The Morgan fingerprint density at radius 2 is 1.58 bits per heavy atom. The highest BCUT2D eigenvalue weighted by atomic mass is 32.2. The van der Waals surface area contributed by atoms with Crippen molar-refractivity contribution in [1.82, 2.24) is 4.31 Å². The van der Waals surface area contributed by atoms with Crippen LogP contribution in [0.1, 0.15) is 12.8 Å². The minimum Gasteiger partial charge on any atom is -0.495 e. The third-order valence-corrected chi connectivity index (χ3v) is 10.2. The van der Waals surface area contributed by atoms with Crippen LogP contribution in [0.3, 0.4) is 0 Å². The first-order chi connectivity index (χ1) is 18.2. The van der Waals surface area contributed by atoms with E-state index in [1.807, 2.05) is 0 Å². The molecule has 0 aromatic heterocycles. The first kappa shape index (κ1) is 26.0. The summed E-state index contributed by atoms with van der Waals surface area (Å²) < 4.78 is 67.0. The Morgan fingerprint density at radius 3 is 2.29 bits per heavy atom. The summed E-state index contributed by atoms with van der Waals surface area (Å²) in [4.78, 5) is 13.5. The number of ether oxygens (including phenoxy) is 2. The molecule has 3 aromatic rings. The number of anilines is 2. The molecule has 1 saturated heterocycles. The Morgan fingerprint density at radius 1 is 0.895 bits per heavy atom. The van der Waals surface area contributed by atoms with Crippen LogP contribution in [0.25, 0.3) is 0 Å². The monoisotopic (exact) mass is 557 g/mol. The average molecular weight is 558 g/mol. The summed E-state index contributed by atoms with van der Waals surface area (Å²) in [5.74, 6) is -0.166. The minimum absolute atomic E-state index is 0.0266. The summed E-state index contributed by atoms with van der Waals surface area (Å²) >= 11 is 0. The highest BCUT2D eigenvalue weighted by molar-refractivity contribution is 7.92. The Bertz CT molecular complexity index is 1550. The molecule has 0 radical (unpaired) electrons. The molecule has 1 atom stereocenters. The molecule has 0 bridgehead atoms. The van der Waals surface area contributed by atoms with Crippen LogP contribution in [-0.2, 0) is 24.8 Å². The van der Waals surface area contributed by atoms with Gasteiger partial charge in [-0.25, -0.2) is 16.8 Å². The van der Waals surface area contributed by atoms with Crippen LogP contribution in [0.4, 0.5) is 11.4 Å². The number of hydrogen-bond donors (Lipinski definition) is 1. The number of nitrogens with one attached hydrogen (secondary N) is 1. The van der Waals surface area contributed by atoms with Gasteiger partial charge >= 0.3 is 0 Å². The Balaban J connectivity index is 1.45. The number of benzene rings is 3. The average Bonchev–Trinajstić information content (AvgIpc) is 3.49. The van der Waals surface area contributed by atoms with E-state index in [1.54, 1.807) is 42.5 Å². The van der Waals surface area contributed by atoms with Crippen molar-refractivity contribution in [2.24, 2.45) is 0 Å². The van der Waals surface area contributed by atoms with Crippen LogP contribution < -0.4 is 19.1 Å². The molecule has 1 N–H and O–H groups in total. The molecular formula is C26H27N3O7S2. The molecule has 0 aliphatic carbocycles. The summed E-state index contributed by atoms with van der Waals surface area (Å²) in [5.41, 5.74) is 0.453. The first-order valence-electron chi connectivity index (χ1n) is 12.0. The molecule has 200 valence electrons. The number of fused-ring (bicyclic) bond motifs is 1. The summed E-state index contributed by atoms with van der Waals surface area (Å²) in [6.07, 6.45) is 0.371. The molecule has 1 amide bonds. The van der Waals surface area contributed by atoms with Gasteiger partial charge in [0.2, 0.25) is 10.0 Å². The highest BCUT2D eigenvalue weighted by Crippen LogP contribution is 2.37. The van der Waals surface area contributed by atoms with Gasteiger partial charge in [-0.05, 0) is 55.3 Å². The maximum atomic E-state index is 13.5. The van der Waals surface area contributed by atoms with Crippen LogP contribution >= 0.6 is 0 Å². The lowest BCUT2D eigenvalue weighted by Gasteiger charge is -2.34. The van der Waals surface area contributed by atoms with Gasteiger partial charge in [-0.2, -0.15) is 4.31 Å². The molecule has 3 aromatic carbocycles. The lowest BCUT2D eigenvalue weighted by molar-refractivity contribution is -0.122. The minimum atomic E-state index is -4.00. The Hall–Kier alpha value is -3.61. The molecular weight excluding hydrogens is 530 g/mol. The topological polar surface area (TPSA) is 122 Å². The lowest BCUT2D eigenvalue weighted by atomic mass is 10.2. The van der Waals surface area contributed by atoms with Gasteiger partial charge in [0.1, 0.15) is 11.5 Å². The SMILES string of the molecule is COc1ccc(S(=O)(=O)N2CCCC2)cc1NC(=O)[C@H]1CN(S(=O)(=O)c2ccccc2)c2ccccc2O1. The molecule has 10 nitrogen and oxygen atoms in total. The van der Waals surface area contributed by atoms with Crippen molar-refractivity contribution in [1.29, 1.82) is 0 Å². The smallest absolute Gasteiger partial charge is 0.267 e. The largest absolute Gasteiger partial charge is 0.495 e. The van der Waals surface area contributed by atoms with E-state index in [4.69, 9.17) is 9.47 Å². The molecule has 0 saturated carbocycles. The van der Waals surface area contributed by atoms with Gasteiger partial charge in [0.05, 0.1) is 34.8 Å².